The minimum absolute atomic E-state index is 0.0938. The Morgan fingerprint density at radius 3 is 2.52 bits per heavy atom. The maximum atomic E-state index is 12.4. The van der Waals surface area contributed by atoms with Crippen molar-refractivity contribution in [3.63, 3.8) is 0 Å². The standard InChI is InChI=1S/C14H21N3O3S/c1-2-3-10-4-8-12(9-5-10)21(19,20)17-13(11-6-7-11)14(15)16-18/h4-5,8-9,11,13,17-18H,2-3,6-7H2,1H3,(H2,15,16). The molecule has 1 aromatic rings. The average molecular weight is 311 g/mol. The molecule has 0 aromatic heterocycles. The first kappa shape index (κ1) is 15.8. The normalized spacial score (nSPS) is 17.7. The number of rotatable bonds is 7. The fourth-order valence-corrected chi connectivity index (χ4v) is 3.53. The zero-order valence-electron chi connectivity index (χ0n) is 12.0. The zero-order chi connectivity index (χ0) is 15.5. The second kappa shape index (κ2) is 6.44. The van der Waals surface area contributed by atoms with Crippen molar-refractivity contribution in [3.8, 4) is 0 Å². The zero-order valence-corrected chi connectivity index (χ0v) is 12.8. The summed E-state index contributed by atoms with van der Waals surface area (Å²) < 4.78 is 27.3. The highest BCUT2D eigenvalue weighted by Crippen LogP contribution is 2.33. The Labute approximate surface area is 125 Å². The highest BCUT2D eigenvalue weighted by molar-refractivity contribution is 7.89. The van der Waals surface area contributed by atoms with Gasteiger partial charge in [-0.2, -0.15) is 0 Å². The van der Waals surface area contributed by atoms with E-state index in [1.165, 1.54) is 0 Å². The molecular weight excluding hydrogens is 290 g/mol. The third-order valence-electron chi connectivity index (χ3n) is 3.58. The second-order valence-electron chi connectivity index (χ2n) is 5.36. The van der Waals surface area contributed by atoms with E-state index in [1.807, 2.05) is 12.1 Å². The molecule has 1 atom stereocenters. The quantitative estimate of drug-likeness (QED) is 0.307. The van der Waals surface area contributed by atoms with Gasteiger partial charge in [0, 0.05) is 0 Å². The van der Waals surface area contributed by atoms with Crippen molar-refractivity contribution < 1.29 is 13.6 Å². The summed E-state index contributed by atoms with van der Waals surface area (Å²) in [4.78, 5) is 0.193. The number of oxime groups is 1. The topological polar surface area (TPSA) is 105 Å². The van der Waals surface area contributed by atoms with E-state index >= 15 is 0 Å². The smallest absolute Gasteiger partial charge is 0.241 e. The van der Waals surface area contributed by atoms with Crippen LogP contribution < -0.4 is 10.5 Å². The highest BCUT2D eigenvalue weighted by Gasteiger charge is 2.37. The molecule has 1 aliphatic rings. The fraction of sp³-hybridized carbons (Fsp3) is 0.500. The Balaban J connectivity index is 2.16. The Hall–Kier alpha value is -1.60. The van der Waals surface area contributed by atoms with E-state index in [2.05, 4.69) is 16.8 Å². The number of hydrogen-bond acceptors (Lipinski definition) is 4. The van der Waals surface area contributed by atoms with Crippen LogP contribution in [-0.4, -0.2) is 25.5 Å². The third-order valence-corrected chi connectivity index (χ3v) is 5.04. The van der Waals surface area contributed by atoms with E-state index in [-0.39, 0.29) is 16.6 Å². The van der Waals surface area contributed by atoms with Gasteiger partial charge in [-0.25, -0.2) is 13.1 Å². The Kier molecular flexibility index (Phi) is 4.84. The number of benzene rings is 1. The molecule has 0 bridgehead atoms. The van der Waals surface area contributed by atoms with Gasteiger partial charge < -0.3 is 10.9 Å². The summed E-state index contributed by atoms with van der Waals surface area (Å²) in [6.45, 7) is 2.07. The molecule has 4 N–H and O–H groups in total. The number of hydrogen-bond donors (Lipinski definition) is 3. The first-order chi connectivity index (χ1) is 9.97. The van der Waals surface area contributed by atoms with Crippen LogP contribution in [0.25, 0.3) is 0 Å². The van der Waals surface area contributed by atoms with Gasteiger partial charge in [-0.05, 0) is 42.9 Å². The van der Waals surface area contributed by atoms with Crippen LogP contribution in [0.15, 0.2) is 34.3 Å². The van der Waals surface area contributed by atoms with Crippen LogP contribution in [0.5, 0.6) is 0 Å². The lowest BCUT2D eigenvalue weighted by Gasteiger charge is -2.17. The van der Waals surface area contributed by atoms with Crippen LogP contribution in [0, 0.1) is 5.92 Å². The van der Waals surface area contributed by atoms with E-state index < -0.39 is 16.1 Å². The number of nitrogens with zero attached hydrogens (tertiary/aromatic N) is 1. The van der Waals surface area contributed by atoms with E-state index in [1.54, 1.807) is 12.1 Å². The lowest BCUT2D eigenvalue weighted by Crippen LogP contribution is -2.46. The fourth-order valence-electron chi connectivity index (χ4n) is 2.25. The molecule has 7 heteroatoms. The molecule has 1 saturated carbocycles. The number of aryl methyl sites for hydroxylation is 1. The largest absolute Gasteiger partial charge is 0.409 e. The van der Waals surface area contributed by atoms with Gasteiger partial charge in [-0.15, -0.1) is 0 Å². The van der Waals surface area contributed by atoms with Crippen molar-refractivity contribution in [3.05, 3.63) is 29.8 Å². The molecular formula is C14H21N3O3S. The lowest BCUT2D eigenvalue weighted by atomic mass is 10.1. The summed E-state index contributed by atoms with van der Waals surface area (Å²) in [5, 5.41) is 11.7. The predicted octanol–water partition coefficient (Wildman–Crippen LogP) is 1.44. The summed E-state index contributed by atoms with van der Waals surface area (Å²) in [6.07, 6.45) is 3.68. The number of nitrogens with two attached hydrogens (primary N) is 1. The second-order valence-corrected chi connectivity index (χ2v) is 7.07. The van der Waals surface area contributed by atoms with Crippen molar-refractivity contribution in [1.82, 2.24) is 4.72 Å². The number of sulfonamides is 1. The highest BCUT2D eigenvalue weighted by atomic mass is 32.2. The minimum Gasteiger partial charge on any atom is -0.409 e. The van der Waals surface area contributed by atoms with E-state index in [4.69, 9.17) is 10.9 Å². The Bertz CT molecular complexity index is 607. The molecule has 6 nitrogen and oxygen atoms in total. The van der Waals surface area contributed by atoms with Crippen molar-refractivity contribution in [1.29, 1.82) is 0 Å². The number of amidine groups is 1. The third kappa shape index (κ3) is 3.95. The molecule has 1 fully saturated rings. The Morgan fingerprint density at radius 1 is 1.43 bits per heavy atom. The van der Waals surface area contributed by atoms with Crippen LogP contribution in [0.1, 0.15) is 31.7 Å². The van der Waals surface area contributed by atoms with E-state index in [9.17, 15) is 8.42 Å². The van der Waals surface area contributed by atoms with Gasteiger partial charge in [-0.3, -0.25) is 0 Å². The summed E-state index contributed by atoms with van der Waals surface area (Å²) >= 11 is 0. The predicted molar refractivity (Wildman–Crippen MR) is 80.7 cm³/mol. The van der Waals surface area contributed by atoms with Crippen LogP contribution in [-0.2, 0) is 16.4 Å². The monoisotopic (exact) mass is 311 g/mol. The summed E-state index contributed by atoms with van der Waals surface area (Å²) in [7, 11) is -3.67. The van der Waals surface area contributed by atoms with Crippen LogP contribution in [0.2, 0.25) is 0 Å². The number of nitrogens with one attached hydrogen (secondary N) is 1. The molecule has 116 valence electrons. The van der Waals surface area contributed by atoms with Crippen LogP contribution >= 0.6 is 0 Å². The molecule has 1 aromatic carbocycles. The molecule has 21 heavy (non-hydrogen) atoms. The Morgan fingerprint density at radius 2 is 2.05 bits per heavy atom. The SMILES string of the molecule is CCCc1ccc(S(=O)(=O)NC(C(N)=NO)C2CC2)cc1. The maximum absolute atomic E-state index is 12.4. The van der Waals surface area contributed by atoms with Crippen molar-refractivity contribution in [2.45, 2.75) is 43.5 Å². The van der Waals surface area contributed by atoms with Gasteiger partial charge >= 0.3 is 0 Å². The minimum atomic E-state index is -3.67. The summed E-state index contributed by atoms with van der Waals surface area (Å²) in [5.41, 5.74) is 6.68. The molecule has 0 spiro atoms. The first-order valence-corrected chi connectivity index (χ1v) is 8.55. The summed E-state index contributed by atoms with van der Waals surface area (Å²) in [6, 6.07) is 6.16. The molecule has 0 amide bonds. The van der Waals surface area contributed by atoms with Crippen LogP contribution in [0.3, 0.4) is 0 Å². The van der Waals surface area contributed by atoms with Gasteiger partial charge in [-0.1, -0.05) is 30.6 Å². The van der Waals surface area contributed by atoms with Gasteiger partial charge in [0.15, 0.2) is 5.84 Å². The van der Waals surface area contributed by atoms with Gasteiger partial charge in [0.25, 0.3) is 0 Å². The maximum Gasteiger partial charge on any atom is 0.241 e. The molecule has 2 rings (SSSR count). The van der Waals surface area contributed by atoms with Gasteiger partial charge in [0.1, 0.15) is 0 Å². The van der Waals surface area contributed by atoms with Crippen molar-refractivity contribution in [2.75, 3.05) is 0 Å². The van der Waals surface area contributed by atoms with E-state index in [0.29, 0.717) is 0 Å². The molecule has 1 unspecified atom stereocenters. The van der Waals surface area contributed by atoms with Gasteiger partial charge in [0.2, 0.25) is 10.0 Å². The van der Waals surface area contributed by atoms with Gasteiger partial charge in [0.05, 0.1) is 10.9 Å². The average Bonchev–Trinajstić information content (AvgIpc) is 3.29. The molecule has 1 aliphatic carbocycles. The van der Waals surface area contributed by atoms with E-state index in [0.717, 1.165) is 31.2 Å². The van der Waals surface area contributed by atoms with Crippen molar-refractivity contribution in [2.24, 2.45) is 16.8 Å². The summed E-state index contributed by atoms with van der Waals surface area (Å²) in [5.74, 6) is 0.0127. The lowest BCUT2D eigenvalue weighted by molar-refractivity contribution is 0.314. The molecule has 0 radical (unpaired) electrons. The molecule has 0 aliphatic heterocycles. The van der Waals surface area contributed by atoms with Crippen LogP contribution in [0.4, 0.5) is 0 Å². The first-order valence-electron chi connectivity index (χ1n) is 7.06. The van der Waals surface area contributed by atoms with Crippen molar-refractivity contribution >= 4 is 15.9 Å². The molecule has 0 heterocycles. The molecule has 0 saturated heterocycles.